The topological polar surface area (TPSA) is 84.9 Å². The number of hydrogen-bond donors (Lipinski definition) is 1. The van der Waals surface area contributed by atoms with Crippen molar-refractivity contribution in [2.45, 2.75) is 29.7 Å². The first-order valence-corrected chi connectivity index (χ1v) is 22.2. The van der Waals surface area contributed by atoms with E-state index in [9.17, 15) is 9.59 Å². The van der Waals surface area contributed by atoms with Crippen LogP contribution in [0.15, 0.2) is 180 Å². The average molecular weight is 796 g/mol. The average Bonchev–Trinajstić information content (AvgIpc) is 3.78. The van der Waals surface area contributed by atoms with E-state index in [4.69, 9.17) is 9.47 Å². The molecule has 1 fully saturated rings. The number of carbonyl (C=O) groups excluding carboxylic acids is 3. The standard InChI is InChI=1S/C46H39N2O5PS2/c1-52-46(47-40(49)30-39-28-17-29-55-39)44(51)48-41(43(50)53-42(33-18-7-2-8-19-33)34-20-9-3-10-21-34)35(32-56-45(46)48)31-54(36-22-11-4-12-23-36,37-24-13-5-14-25-37)38-26-15-6-16-27-38/h2-29,32,41-42,45H,30-31H2,1H3/p+1/t41?,45-,46-/m0/s1. The zero-order valence-electron chi connectivity index (χ0n) is 30.6. The highest BCUT2D eigenvalue weighted by Gasteiger charge is 2.68. The van der Waals surface area contributed by atoms with Crippen LogP contribution in [0.3, 0.4) is 0 Å². The van der Waals surface area contributed by atoms with Gasteiger partial charge in [0.1, 0.15) is 28.5 Å². The number of fused-ring (bicyclic) bond motifs is 1. The number of hydrogen-bond acceptors (Lipinski definition) is 7. The molecule has 3 atom stereocenters. The molecule has 0 saturated carbocycles. The van der Waals surface area contributed by atoms with Gasteiger partial charge in [-0.3, -0.25) is 9.59 Å². The number of β-lactam (4-membered cyclic amide) rings is 1. The number of amides is 2. The lowest BCUT2D eigenvalue weighted by atomic mass is 9.94. The highest BCUT2D eigenvalue weighted by atomic mass is 32.2. The number of nitrogens with zero attached hydrogens (tertiary/aromatic N) is 1. The van der Waals surface area contributed by atoms with Gasteiger partial charge < -0.3 is 19.7 Å². The van der Waals surface area contributed by atoms with Gasteiger partial charge in [0.25, 0.3) is 11.6 Å². The molecular formula is C46H40N2O5PS2+. The summed E-state index contributed by atoms with van der Waals surface area (Å²) in [6.45, 7) is 0. The van der Waals surface area contributed by atoms with Crippen molar-refractivity contribution in [2.24, 2.45) is 0 Å². The van der Waals surface area contributed by atoms with Crippen LogP contribution < -0.4 is 21.2 Å². The summed E-state index contributed by atoms with van der Waals surface area (Å²) in [5.74, 6) is -1.40. The van der Waals surface area contributed by atoms with Crippen molar-refractivity contribution in [1.82, 2.24) is 10.2 Å². The Balaban J connectivity index is 1.24. The Morgan fingerprint density at radius 1 is 0.732 bits per heavy atom. The zero-order chi connectivity index (χ0) is 38.5. The summed E-state index contributed by atoms with van der Waals surface area (Å²) in [7, 11) is -1.09. The third kappa shape index (κ3) is 7.01. The second-order valence-corrected chi connectivity index (χ2v) is 19.1. The maximum atomic E-state index is 15.1. The van der Waals surface area contributed by atoms with Gasteiger partial charge in [0.15, 0.2) is 12.1 Å². The number of ether oxygens (including phenoxy) is 2. The largest absolute Gasteiger partial charge is 0.451 e. The van der Waals surface area contributed by atoms with E-state index in [-0.39, 0.29) is 12.3 Å². The second kappa shape index (κ2) is 16.4. The molecule has 0 spiro atoms. The molecule has 1 unspecified atom stereocenters. The Kier molecular flexibility index (Phi) is 11.0. The fourth-order valence-corrected chi connectivity index (χ4v) is 14.2. The molecule has 3 heterocycles. The third-order valence-corrected chi connectivity index (χ3v) is 16.9. The van der Waals surface area contributed by atoms with Gasteiger partial charge in [0.2, 0.25) is 5.91 Å². The van der Waals surface area contributed by atoms with Crippen LogP contribution in [0.4, 0.5) is 0 Å². The molecule has 2 aliphatic rings. The van der Waals surface area contributed by atoms with Crippen molar-refractivity contribution < 1.29 is 23.9 Å². The lowest BCUT2D eigenvalue weighted by Gasteiger charge is -2.57. The summed E-state index contributed by atoms with van der Waals surface area (Å²) < 4.78 is 12.5. The molecular weight excluding hydrogens is 756 g/mol. The Bertz CT molecular complexity index is 2180. The van der Waals surface area contributed by atoms with Crippen molar-refractivity contribution in [3.8, 4) is 0 Å². The van der Waals surface area contributed by atoms with Gasteiger partial charge in [-0.2, -0.15) is 0 Å². The lowest BCUT2D eigenvalue weighted by molar-refractivity contribution is -0.202. The maximum Gasteiger partial charge on any atom is 0.334 e. The third-order valence-electron chi connectivity index (χ3n) is 10.4. The minimum Gasteiger partial charge on any atom is -0.451 e. The van der Waals surface area contributed by atoms with Crippen LogP contribution in [0.25, 0.3) is 0 Å². The number of esters is 1. The molecule has 6 aromatic rings. The normalized spacial score (nSPS) is 19.1. The van der Waals surface area contributed by atoms with Gasteiger partial charge in [-0.15, -0.1) is 23.1 Å². The van der Waals surface area contributed by atoms with Crippen molar-refractivity contribution in [2.75, 3.05) is 13.3 Å². The van der Waals surface area contributed by atoms with Gasteiger partial charge in [0, 0.05) is 17.6 Å². The number of thioether (sulfide) groups is 1. The van der Waals surface area contributed by atoms with E-state index in [1.165, 1.54) is 30.2 Å². The zero-order valence-corrected chi connectivity index (χ0v) is 33.2. The summed E-state index contributed by atoms with van der Waals surface area (Å²) in [5, 5.41) is 9.54. The Hall–Kier alpha value is -5.31. The number of carbonyl (C=O) groups is 3. The molecule has 280 valence electrons. The summed E-state index contributed by atoms with van der Waals surface area (Å²) in [4.78, 5) is 45.7. The van der Waals surface area contributed by atoms with E-state index in [1.807, 2.05) is 102 Å². The lowest BCUT2D eigenvalue weighted by Crippen LogP contribution is -2.83. The second-order valence-electron chi connectivity index (χ2n) is 13.7. The number of methoxy groups -OCH3 is 1. The molecule has 0 radical (unpaired) electrons. The molecule has 2 aliphatic heterocycles. The van der Waals surface area contributed by atoms with Crippen LogP contribution in [0, 0.1) is 0 Å². The minimum atomic E-state index is -2.51. The SMILES string of the molecule is CO[C@@]1(NC(=O)Cc2cccs2)C(=O)N2C(C(=O)OC(c3ccccc3)c3ccccc3)C(C[P+](c3ccccc3)(c3ccccc3)c3ccccc3)=CS[C@H]21. The predicted molar refractivity (Wildman–Crippen MR) is 227 cm³/mol. The fraction of sp³-hybridized carbons (Fsp3) is 0.152. The van der Waals surface area contributed by atoms with Crippen LogP contribution >= 0.6 is 30.4 Å². The Labute approximate surface area is 335 Å². The van der Waals surface area contributed by atoms with E-state index in [1.54, 1.807) is 4.90 Å². The van der Waals surface area contributed by atoms with Gasteiger partial charge in [-0.1, -0.05) is 121 Å². The summed E-state index contributed by atoms with van der Waals surface area (Å²) in [6, 6.07) is 53.2. The molecule has 8 rings (SSSR count). The first-order chi connectivity index (χ1) is 27.4. The number of benzene rings is 5. The molecule has 0 bridgehead atoms. The highest BCUT2D eigenvalue weighted by Crippen LogP contribution is 2.59. The Morgan fingerprint density at radius 3 is 1.70 bits per heavy atom. The van der Waals surface area contributed by atoms with Crippen molar-refractivity contribution in [3.05, 3.63) is 196 Å². The fourth-order valence-electron chi connectivity index (χ4n) is 7.72. The van der Waals surface area contributed by atoms with E-state index >= 15 is 4.79 Å². The molecule has 7 nitrogen and oxygen atoms in total. The van der Waals surface area contributed by atoms with Crippen molar-refractivity contribution >= 4 is 64.1 Å². The van der Waals surface area contributed by atoms with Crippen LogP contribution in [-0.2, 0) is 30.3 Å². The molecule has 5 aromatic carbocycles. The van der Waals surface area contributed by atoms with Crippen LogP contribution in [0.2, 0.25) is 0 Å². The van der Waals surface area contributed by atoms with E-state index in [2.05, 4.69) is 78.1 Å². The molecule has 0 aliphatic carbocycles. The van der Waals surface area contributed by atoms with Crippen molar-refractivity contribution in [3.63, 3.8) is 0 Å². The van der Waals surface area contributed by atoms with Gasteiger partial charge in [-0.05, 0) is 64.4 Å². The van der Waals surface area contributed by atoms with E-state index in [0.29, 0.717) is 6.16 Å². The van der Waals surface area contributed by atoms with E-state index < -0.39 is 42.4 Å². The monoisotopic (exact) mass is 795 g/mol. The van der Waals surface area contributed by atoms with Gasteiger partial charge in [0.05, 0.1) is 12.6 Å². The van der Waals surface area contributed by atoms with E-state index in [0.717, 1.165) is 37.5 Å². The smallest absolute Gasteiger partial charge is 0.334 e. The molecule has 56 heavy (non-hydrogen) atoms. The molecule has 1 saturated heterocycles. The van der Waals surface area contributed by atoms with Gasteiger partial charge >= 0.3 is 5.97 Å². The molecule has 10 heteroatoms. The summed E-state index contributed by atoms with van der Waals surface area (Å²) in [5.41, 5.74) is 0.702. The number of thiophene rings is 1. The van der Waals surface area contributed by atoms with Crippen molar-refractivity contribution in [1.29, 1.82) is 0 Å². The van der Waals surface area contributed by atoms with Crippen LogP contribution in [-0.4, -0.2) is 53.1 Å². The number of rotatable bonds is 13. The highest BCUT2D eigenvalue weighted by molar-refractivity contribution is 8.03. The summed E-state index contributed by atoms with van der Waals surface area (Å²) in [6.07, 6.45) is -0.167. The molecule has 1 aromatic heterocycles. The maximum absolute atomic E-state index is 15.1. The first-order valence-electron chi connectivity index (χ1n) is 18.4. The minimum absolute atomic E-state index is 0.105. The van der Waals surface area contributed by atoms with Crippen LogP contribution in [0.5, 0.6) is 0 Å². The number of nitrogens with one attached hydrogen (secondary N) is 1. The van der Waals surface area contributed by atoms with Gasteiger partial charge in [-0.25, -0.2) is 4.79 Å². The molecule has 2 amide bonds. The quantitative estimate of drug-likeness (QED) is 0.0575. The Morgan fingerprint density at radius 2 is 1.23 bits per heavy atom. The van der Waals surface area contributed by atoms with Crippen LogP contribution in [0.1, 0.15) is 22.1 Å². The summed E-state index contributed by atoms with van der Waals surface area (Å²) >= 11 is 2.85. The predicted octanol–water partition coefficient (Wildman–Crippen LogP) is 7.24. The molecule has 1 N–H and O–H groups in total. The first kappa shape index (κ1) is 37.6.